The van der Waals surface area contributed by atoms with Crippen LogP contribution < -0.4 is 4.90 Å². The lowest BCUT2D eigenvalue weighted by atomic mass is 9.77. The molecule has 0 N–H and O–H groups in total. The Morgan fingerprint density at radius 2 is 1.34 bits per heavy atom. The highest BCUT2D eigenvalue weighted by Crippen LogP contribution is 2.57. The fourth-order valence-electron chi connectivity index (χ4n) is 5.44. The molecule has 2 aliphatic heterocycles. The molecule has 0 aromatic heterocycles. The molecule has 1 spiro atoms. The summed E-state index contributed by atoms with van der Waals surface area (Å²) in [4.78, 5) is 66.2. The largest absolute Gasteiger partial charge is 0.349 e. The van der Waals surface area contributed by atoms with Crippen molar-refractivity contribution in [1.29, 1.82) is 0 Å². The van der Waals surface area contributed by atoms with Crippen LogP contribution in [0.3, 0.4) is 0 Å². The third-order valence-electron chi connectivity index (χ3n) is 6.97. The number of nitro groups is 1. The van der Waals surface area contributed by atoms with Gasteiger partial charge in [0, 0.05) is 23.3 Å². The van der Waals surface area contributed by atoms with Crippen LogP contribution in [0.4, 0.5) is 11.4 Å². The Bertz CT molecular complexity index is 1410. The lowest BCUT2D eigenvalue weighted by Crippen LogP contribution is -2.51. The summed E-state index contributed by atoms with van der Waals surface area (Å²) < 4.78 is 6.19. The van der Waals surface area contributed by atoms with Crippen molar-refractivity contribution < 1.29 is 28.8 Å². The van der Waals surface area contributed by atoms with Crippen LogP contribution in [0.5, 0.6) is 0 Å². The van der Waals surface area contributed by atoms with Crippen molar-refractivity contribution >= 4 is 34.8 Å². The van der Waals surface area contributed by atoms with Crippen molar-refractivity contribution in [3.8, 4) is 0 Å². The SMILES string of the molecule is O=C1[C@H]2[C@@H](c3ccccc3)OC3(C(=O)c4ccccc4C3=O)[C@@H]2C(=O)N1c1ccc([N+](=O)[O-])cc1. The number of anilines is 1. The molecule has 35 heavy (non-hydrogen) atoms. The third-order valence-corrected chi connectivity index (χ3v) is 6.97. The first-order valence-electron chi connectivity index (χ1n) is 10.9. The molecule has 3 aliphatic rings. The fourth-order valence-corrected chi connectivity index (χ4v) is 5.44. The number of rotatable bonds is 3. The maximum atomic E-state index is 13.8. The van der Waals surface area contributed by atoms with Gasteiger partial charge in [-0.25, -0.2) is 4.90 Å². The van der Waals surface area contributed by atoms with Gasteiger partial charge in [-0.15, -0.1) is 0 Å². The molecular formula is C26H16N2O7. The predicted molar refractivity (Wildman–Crippen MR) is 121 cm³/mol. The van der Waals surface area contributed by atoms with Gasteiger partial charge in [-0.1, -0.05) is 54.6 Å². The summed E-state index contributed by atoms with van der Waals surface area (Å²) in [7, 11) is 0. The number of Topliss-reactive ketones (excluding diaryl/α,β-unsaturated/α-hetero) is 2. The molecule has 1 aliphatic carbocycles. The Balaban J connectivity index is 1.51. The minimum Gasteiger partial charge on any atom is -0.349 e. The monoisotopic (exact) mass is 468 g/mol. The van der Waals surface area contributed by atoms with Crippen LogP contribution in [-0.4, -0.2) is 33.9 Å². The van der Waals surface area contributed by atoms with Gasteiger partial charge in [0.1, 0.15) is 0 Å². The first-order valence-corrected chi connectivity index (χ1v) is 10.9. The van der Waals surface area contributed by atoms with Crippen molar-refractivity contribution in [1.82, 2.24) is 0 Å². The van der Waals surface area contributed by atoms with Gasteiger partial charge in [0.25, 0.3) is 5.69 Å². The van der Waals surface area contributed by atoms with E-state index >= 15 is 0 Å². The zero-order valence-corrected chi connectivity index (χ0v) is 18.0. The average molecular weight is 468 g/mol. The topological polar surface area (TPSA) is 124 Å². The minimum absolute atomic E-state index is 0.123. The molecule has 9 nitrogen and oxygen atoms in total. The molecule has 172 valence electrons. The van der Waals surface area contributed by atoms with Crippen LogP contribution in [-0.2, 0) is 14.3 Å². The number of fused-ring (bicyclic) bond motifs is 3. The van der Waals surface area contributed by atoms with Crippen molar-refractivity contribution in [2.75, 3.05) is 4.90 Å². The second-order valence-corrected chi connectivity index (χ2v) is 8.68. The van der Waals surface area contributed by atoms with E-state index in [0.29, 0.717) is 5.56 Å². The van der Waals surface area contributed by atoms with Crippen molar-refractivity contribution in [3.05, 3.63) is 106 Å². The standard InChI is InChI=1S/C26H16N2O7/c29-22-17-8-4-5-9-18(17)23(30)26(22)20-19(21(35-26)14-6-2-1-3-7-14)24(31)27(25(20)32)15-10-12-16(13-11-15)28(33)34/h1-13,19-21H/t19-,20+,21-/m1/s1. The molecule has 2 fully saturated rings. The summed E-state index contributed by atoms with van der Waals surface area (Å²) in [6.45, 7) is 0. The Morgan fingerprint density at radius 3 is 1.91 bits per heavy atom. The molecule has 0 unspecified atom stereocenters. The number of non-ortho nitro benzene ring substituents is 1. The number of carbonyl (C=O) groups excluding carboxylic acids is 4. The van der Waals surface area contributed by atoms with E-state index in [4.69, 9.17) is 4.74 Å². The van der Waals surface area contributed by atoms with E-state index in [0.717, 1.165) is 4.90 Å². The number of ether oxygens (including phenoxy) is 1. The maximum absolute atomic E-state index is 13.8. The van der Waals surface area contributed by atoms with E-state index in [1.54, 1.807) is 42.5 Å². The Kier molecular flexibility index (Phi) is 4.36. The highest BCUT2D eigenvalue weighted by atomic mass is 16.6. The molecule has 2 heterocycles. The number of amides is 2. The number of carbonyl (C=O) groups is 4. The average Bonchev–Trinajstić information content (AvgIpc) is 3.44. The zero-order chi connectivity index (χ0) is 24.5. The summed E-state index contributed by atoms with van der Waals surface area (Å²) in [5.41, 5.74) is -1.37. The number of imide groups is 1. The summed E-state index contributed by atoms with van der Waals surface area (Å²) >= 11 is 0. The van der Waals surface area contributed by atoms with E-state index in [2.05, 4.69) is 0 Å². The number of benzene rings is 3. The molecule has 0 saturated carbocycles. The van der Waals surface area contributed by atoms with Gasteiger partial charge in [0.05, 0.1) is 28.6 Å². The van der Waals surface area contributed by atoms with Gasteiger partial charge in [0.15, 0.2) is 0 Å². The molecule has 2 saturated heterocycles. The molecule has 3 aromatic rings. The lowest BCUT2D eigenvalue weighted by Gasteiger charge is -2.27. The van der Waals surface area contributed by atoms with Gasteiger partial charge in [-0.3, -0.25) is 29.3 Å². The number of hydrogen-bond donors (Lipinski definition) is 0. The molecule has 2 amide bonds. The summed E-state index contributed by atoms with van der Waals surface area (Å²) in [6.07, 6.45) is -1.01. The minimum atomic E-state index is -2.16. The Morgan fingerprint density at radius 1 is 0.771 bits per heavy atom. The number of ketones is 2. The molecule has 0 radical (unpaired) electrons. The van der Waals surface area contributed by atoms with E-state index in [1.807, 2.05) is 0 Å². The Hall–Kier alpha value is -4.50. The molecular weight excluding hydrogens is 452 g/mol. The third kappa shape index (κ3) is 2.66. The number of hydrogen-bond acceptors (Lipinski definition) is 7. The predicted octanol–water partition coefficient (Wildman–Crippen LogP) is 3.29. The van der Waals surface area contributed by atoms with Gasteiger partial charge < -0.3 is 4.74 Å². The van der Waals surface area contributed by atoms with E-state index in [-0.39, 0.29) is 22.5 Å². The van der Waals surface area contributed by atoms with Gasteiger partial charge >= 0.3 is 0 Å². The normalized spacial score (nSPS) is 24.2. The molecule has 3 aromatic carbocycles. The van der Waals surface area contributed by atoms with E-state index in [1.165, 1.54) is 36.4 Å². The van der Waals surface area contributed by atoms with Crippen LogP contribution >= 0.6 is 0 Å². The maximum Gasteiger partial charge on any atom is 0.269 e. The first-order chi connectivity index (χ1) is 16.9. The van der Waals surface area contributed by atoms with Crippen LogP contribution in [0.15, 0.2) is 78.9 Å². The van der Waals surface area contributed by atoms with Gasteiger partial charge in [0.2, 0.25) is 29.0 Å². The van der Waals surface area contributed by atoms with E-state index in [9.17, 15) is 29.3 Å². The second-order valence-electron chi connectivity index (χ2n) is 8.68. The second kappa shape index (κ2) is 7.25. The summed E-state index contributed by atoms with van der Waals surface area (Å²) in [5, 5.41) is 11.0. The van der Waals surface area contributed by atoms with Crippen LogP contribution in [0.1, 0.15) is 32.4 Å². The van der Waals surface area contributed by atoms with Gasteiger partial charge in [-0.2, -0.15) is 0 Å². The van der Waals surface area contributed by atoms with Crippen molar-refractivity contribution in [2.45, 2.75) is 11.7 Å². The van der Waals surface area contributed by atoms with Gasteiger partial charge in [-0.05, 0) is 17.7 Å². The molecule has 6 rings (SSSR count). The Labute approximate surface area is 198 Å². The van der Waals surface area contributed by atoms with Crippen molar-refractivity contribution in [2.24, 2.45) is 11.8 Å². The summed E-state index contributed by atoms with van der Waals surface area (Å²) in [6, 6.07) is 19.9. The molecule has 0 bridgehead atoms. The highest BCUT2D eigenvalue weighted by molar-refractivity contribution is 6.37. The lowest BCUT2D eigenvalue weighted by molar-refractivity contribution is -0.384. The quantitative estimate of drug-likeness (QED) is 0.250. The number of nitrogens with zero attached hydrogens (tertiary/aromatic N) is 2. The van der Waals surface area contributed by atoms with E-state index < -0.39 is 51.8 Å². The van der Waals surface area contributed by atoms with Crippen LogP contribution in [0.25, 0.3) is 0 Å². The summed E-state index contributed by atoms with van der Waals surface area (Å²) in [5.74, 6) is -5.15. The fraction of sp³-hybridized carbons (Fsp3) is 0.154. The molecule has 9 heteroatoms. The first kappa shape index (κ1) is 21.1. The van der Waals surface area contributed by atoms with Crippen molar-refractivity contribution in [3.63, 3.8) is 0 Å². The zero-order valence-electron chi connectivity index (χ0n) is 18.0. The molecule has 3 atom stereocenters. The smallest absolute Gasteiger partial charge is 0.269 e. The van der Waals surface area contributed by atoms with Crippen LogP contribution in [0, 0.1) is 22.0 Å². The highest BCUT2D eigenvalue weighted by Gasteiger charge is 2.74. The number of nitro benzene ring substituents is 1. The van der Waals surface area contributed by atoms with Crippen LogP contribution in [0.2, 0.25) is 0 Å².